The third-order valence-electron chi connectivity index (χ3n) is 5.59. The highest BCUT2D eigenvalue weighted by Crippen LogP contribution is 2.46. The Hall–Kier alpha value is -3.03. The van der Waals surface area contributed by atoms with Crippen molar-refractivity contribution in [1.29, 1.82) is 0 Å². The summed E-state index contributed by atoms with van der Waals surface area (Å²) in [5, 5.41) is 10.6. The van der Waals surface area contributed by atoms with Crippen molar-refractivity contribution in [2.45, 2.75) is 24.7 Å². The van der Waals surface area contributed by atoms with E-state index in [1.165, 1.54) is 41.3 Å². The predicted octanol–water partition coefficient (Wildman–Crippen LogP) is 6.58. The number of carboxylic acids is 1. The van der Waals surface area contributed by atoms with Crippen LogP contribution in [0.15, 0.2) is 66.7 Å². The van der Waals surface area contributed by atoms with Crippen molar-refractivity contribution in [2.75, 3.05) is 0 Å². The average molecular weight is 494 g/mol. The average Bonchev–Trinajstić information content (AvgIpc) is 2.75. The van der Waals surface area contributed by atoms with E-state index in [0.717, 1.165) is 12.1 Å². The highest BCUT2D eigenvalue weighted by Gasteiger charge is 2.45. The second-order valence-electron chi connectivity index (χ2n) is 7.65. The van der Waals surface area contributed by atoms with Crippen molar-refractivity contribution in [3.8, 4) is 0 Å². The third-order valence-corrected chi connectivity index (χ3v) is 6.16. The summed E-state index contributed by atoms with van der Waals surface area (Å²) in [4.78, 5) is 27.1. The molecule has 4 rings (SSSR count). The molecule has 2 unspecified atom stereocenters. The Bertz CT molecular complexity index is 1250. The van der Waals surface area contributed by atoms with E-state index in [1.54, 1.807) is 18.2 Å². The van der Waals surface area contributed by atoms with Crippen molar-refractivity contribution in [3.05, 3.63) is 105 Å². The molecule has 170 valence electrons. The Labute approximate surface area is 197 Å². The third kappa shape index (κ3) is 4.43. The number of halogens is 5. The number of hydrogen-bond donors (Lipinski definition) is 1. The molecule has 1 N–H and O–H groups in total. The largest absolute Gasteiger partial charge is 0.481 e. The molecular formula is C24H16Cl2F3NO3. The fraction of sp³-hybridized carbons (Fsp3) is 0.167. The van der Waals surface area contributed by atoms with Crippen LogP contribution < -0.4 is 0 Å². The number of alkyl halides is 3. The molecule has 1 aliphatic rings. The number of fused-ring (bicyclic) bond motifs is 1. The van der Waals surface area contributed by atoms with Gasteiger partial charge in [0.1, 0.15) is 5.92 Å². The smallest absolute Gasteiger partial charge is 0.416 e. The van der Waals surface area contributed by atoms with Crippen LogP contribution in [0.5, 0.6) is 0 Å². The zero-order valence-corrected chi connectivity index (χ0v) is 18.3. The maximum absolute atomic E-state index is 13.5. The number of hydrogen-bond acceptors (Lipinski definition) is 2. The van der Waals surface area contributed by atoms with Gasteiger partial charge in [-0.1, -0.05) is 59.6 Å². The topological polar surface area (TPSA) is 57.6 Å². The van der Waals surface area contributed by atoms with Crippen molar-refractivity contribution >= 4 is 35.1 Å². The predicted molar refractivity (Wildman–Crippen MR) is 117 cm³/mol. The summed E-state index contributed by atoms with van der Waals surface area (Å²) < 4.78 is 39.7. The molecule has 0 saturated carbocycles. The minimum absolute atomic E-state index is 0.153. The summed E-state index contributed by atoms with van der Waals surface area (Å²) in [5.41, 5.74) is 0.172. The minimum atomic E-state index is -4.56. The van der Waals surface area contributed by atoms with Crippen LogP contribution >= 0.6 is 23.2 Å². The molecule has 0 saturated heterocycles. The van der Waals surface area contributed by atoms with Crippen LogP contribution in [0, 0.1) is 0 Å². The normalized spacial score (nSPS) is 18.2. The Balaban J connectivity index is 1.89. The number of nitrogens with zero attached hydrogens (tertiary/aromatic N) is 1. The lowest BCUT2D eigenvalue weighted by molar-refractivity contribution is -0.140. The lowest BCUT2D eigenvalue weighted by Gasteiger charge is -2.41. The maximum Gasteiger partial charge on any atom is 0.416 e. The van der Waals surface area contributed by atoms with E-state index in [4.69, 9.17) is 23.2 Å². The molecule has 3 aromatic rings. The molecule has 9 heteroatoms. The molecule has 1 amide bonds. The van der Waals surface area contributed by atoms with Gasteiger partial charge in [-0.2, -0.15) is 13.2 Å². The number of rotatable bonds is 4. The van der Waals surface area contributed by atoms with E-state index in [-0.39, 0.29) is 22.7 Å². The molecule has 2 atom stereocenters. The summed E-state index contributed by atoms with van der Waals surface area (Å²) in [6.45, 7) is -0.246. The number of aliphatic carboxylic acids is 1. The first-order chi connectivity index (χ1) is 15.6. The summed E-state index contributed by atoms with van der Waals surface area (Å²) in [6.07, 6.45) is -4.56. The fourth-order valence-corrected chi connectivity index (χ4v) is 4.68. The second-order valence-corrected chi connectivity index (χ2v) is 8.49. The van der Waals surface area contributed by atoms with Crippen molar-refractivity contribution in [2.24, 2.45) is 0 Å². The Morgan fingerprint density at radius 1 is 0.970 bits per heavy atom. The summed E-state index contributed by atoms with van der Waals surface area (Å²) in [6, 6.07) is 14.3. The molecule has 0 aliphatic carbocycles. The van der Waals surface area contributed by atoms with E-state index in [1.807, 2.05) is 0 Å². The zero-order chi connectivity index (χ0) is 23.9. The molecule has 4 nitrogen and oxygen atoms in total. The van der Waals surface area contributed by atoms with Crippen LogP contribution in [-0.4, -0.2) is 21.9 Å². The van der Waals surface area contributed by atoms with Gasteiger partial charge in [0, 0.05) is 22.2 Å². The molecule has 0 fully saturated rings. The van der Waals surface area contributed by atoms with Gasteiger partial charge in [0.05, 0.1) is 11.6 Å². The standard InChI is InChI=1S/C24H16Cl2F3NO3/c25-15-8-9-18(19(26)11-15)21-20(23(32)33)16-6-1-2-7-17(16)22(31)30(21)12-13-4-3-5-14(10-13)24(27,28)29/h1-11,20-21H,12H2,(H,32,33). The second kappa shape index (κ2) is 8.72. The number of carbonyl (C=O) groups excluding carboxylic acids is 1. The van der Waals surface area contributed by atoms with Gasteiger partial charge in [0.2, 0.25) is 0 Å². The first kappa shape index (κ1) is 23.1. The summed E-state index contributed by atoms with van der Waals surface area (Å²) in [5.74, 6) is -2.89. The van der Waals surface area contributed by atoms with Gasteiger partial charge in [0.15, 0.2) is 0 Å². The first-order valence-corrected chi connectivity index (χ1v) is 10.6. The van der Waals surface area contributed by atoms with E-state index >= 15 is 0 Å². The summed E-state index contributed by atoms with van der Waals surface area (Å²) >= 11 is 12.4. The maximum atomic E-state index is 13.5. The monoisotopic (exact) mass is 493 g/mol. The van der Waals surface area contributed by atoms with Gasteiger partial charge in [-0.3, -0.25) is 9.59 Å². The quantitative estimate of drug-likeness (QED) is 0.446. The number of amides is 1. The Kier molecular flexibility index (Phi) is 6.12. The molecule has 0 spiro atoms. The highest BCUT2D eigenvalue weighted by molar-refractivity contribution is 6.35. The zero-order valence-electron chi connectivity index (χ0n) is 16.8. The van der Waals surface area contributed by atoms with Gasteiger partial charge >= 0.3 is 12.1 Å². The highest BCUT2D eigenvalue weighted by atomic mass is 35.5. The molecule has 33 heavy (non-hydrogen) atoms. The number of carboxylic acid groups (broad SMARTS) is 1. The van der Waals surface area contributed by atoms with Gasteiger partial charge in [-0.05, 0) is 47.0 Å². The van der Waals surface area contributed by atoms with Crippen molar-refractivity contribution < 1.29 is 27.9 Å². The Morgan fingerprint density at radius 3 is 2.36 bits per heavy atom. The van der Waals surface area contributed by atoms with E-state index in [2.05, 4.69) is 0 Å². The SMILES string of the molecule is O=C(O)C1c2ccccc2C(=O)N(Cc2cccc(C(F)(F)F)c2)C1c1ccc(Cl)cc1Cl. The number of carbonyl (C=O) groups is 2. The fourth-order valence-electron chi connectivity index (χ4n) is 4.16. The lowest BCUT2D eigenvalue weighted by Crippen LogP contribution is -2.44. The van der Waals surface area contributed by atoms with Crippen molar-refractivity contribution in [1.82, 2.24) is 4.90 Å². The minimum Gasteiger partial charge on any atom is -0.481 e. The van der Waals surface area contributed by atoms with E-state index < -0.39 is 35.6 Å². The molecule has 0 radical (unpaired) electrons. The molecular weight excluding hydrogens is 478 g/mol. The van der Waals surface area contributed by atoms with Gasteiger partial charge < -0.3 is 10.0 Å². The molecule has 0 bridgehead atoms. The number of benzene rings is 3. The van der Waals surface area contributed by atoms with E-state index in [9.17, 15) is 27.9 Å². The first-order valence-electron chi connectivity index (χ1n) is 9.81. The lowest BCUT2D eigenvalue weighted by atomic mass is 9.79. The van der Waals surface area contributed by atoms with Crippen molar-refractivity contribution in [3.63, 3.8) is 0 Å². The molecule has 1 aliphatic heterocycles. The van der Waals surface area contributed by atoms with Gasteiger partial charge in [0.25, 0.3) is 5.91 Å². The van der Waals surface area contributed by atoms with Crippen LogP contribution in [0.25, 0.3) is 0 Å². The van der Waals surface area contributed by atoms with Crippen LogP contribution in [0.1, 0.15) is 44.6 Å². The van der Waals surface area contributed by atoms with Crippen LogP contribution in [0.3, 0.4) is 0 Å². The molecule has 0 aromatic heterocycles. The molecule has 1 heterocycles. The van der Waals surface area contributed by atoms with Crippen LogP contribution in [0.2, 0.25) is 10.0 Å². The summed E-state index contributed by atoms with van der Waals surface area (Å²) in [7, 11) is 0. The van der Waals surface area contributed by atoms with Gasteiger partial charge in [-0.15, -0.1) is 0 Å². The van der Waals surface area contributed by atoms with Crippen LogP contribution in [-0.2, 0) is 17.5 Å². The molecule has 3 aromatic carbocycles. The Morgan fingerprint density at radius 2 is 1.70 bits per heavy atom. The van der Waals surface area contributed by atoms with E-state index in [0.29, 0.717) is 16.1 Å². The van der Waals surface area contributed by atoms with Crippen LogP contribution in [0.4, 0.5) is 13.2 Å². The van der Waals surface area contributed by atoms with Gasteiger partial charge in [-0.25, -0.2) is 0 Å².